The summed E-state index contributed by atoms with van der Waals surface area (Å²) in [4.78, 5) is 24.3. The maximum absolute atomic E-state index is 12.4. The molecule has 1 aromatic carbocycles. The van der Waals surface area contributed by atoms with Crippen molar-refractivity contribution in [2.75, 3.05) is 19.2 Å². The number of ketones is 1. The van der Waals surface area contributed by atoms with Gasteiger partial charge in [0.25, 0.3) is 5.91 Å². The van der Waals surface area contributed by atoms with Crippen molar-refractivity contribution in [3.05, 3.63) is 29.8 Å². The van der Waals surface area contributed by atoms with E-state index in [4.69, 9.17) is 16.3 Å². The average molecular weight is 358 g/mol. The van der Waals surface area contributed by atoms with Gasteiger partial charge in [-0.1, -0.05) is 32.3 Å². The van der Waals surface area contributed by atoms with Crippen molar-refractivity contribution in [1.82, 2.24) is 5.32 Å². The molecule has 0 heterocycles. The van der Waals surface area contributed by atoms with Crippen molar-refractivity contribution in [2.24, 2.45) is 0 Å². The largest absolute Gasteiger partial charge is 0.493 e. The van der Waals surface area contributed by atoms with Crippen LogP contribution < -0.4 is 10.1 Å². The first kappa shape index (κ1) is 20.4. The van der Waals surface area contributed by atoms with E-state index < -0.39 is 12.7 Å². The molecule has 1 amide bonds. The van der Waals surface area contributed by atoms with Gasteiger partial charge in [0.1, 0.15) is 5.75 Å². The highest BCUT2D eigenvalue weighted by Crippen LogP contribution is 2.14. The summed E-state index contributed by atoms with van der Waals surface area (Å²) in [7, 11) is 0. The Morgan fingerprint density at radius 3 is 2.75 bits per heavy atom. The van der Waals surface area contributed by atoms with Gasteiger partial charge in [0, 0.05) is 12.0 Å². The molecule has 4 nitrogen and oxygen atoms in total. The second kappa shape index (κ2) is 11.8. The zero-order valence-electron chi connectivity index (χ0n) is 14.0. The van der Waals surface area contributed by atoms with Gasteiger partial charge < -0.3 is 10.1 Å². The zero-order valence-corrected chi connectivity index (χ0v) is 14.8. The van der Waals surface area contributed by atoms with Crippen LogP contribution in [-0.4, -0.2) is 36.9 Å². The summed E-state index contributed by atoms with van der Waals surface area (Å²) in [5.74, 6) is -0.145. The number of benzene rings is 1. The van der Waals surface area contributed by atoms with Gasteiger partial charge in [-0.25, -0.2) is 0 Å². The Balaban J connectivity index is 2.68. The third-order valence-electron chi connectivity index (χ3n) is 3.56. The summed E-state index contributed by atoms with van der Waals surface area (Å²) in [5.41, 5.74) is 0.399. The van der Waals surface area contributed by atoms with Crippen LogP contribution in [0.4, 0.5) is 4.39 Å². The van der Waals surface area contributed by atoms with Gasteiger partial charge in [-0.15, -0.1) is 11.6 Å². The summed E-state index contributed by atoms with van der Waals surface area (Å²) in [5, 5.41) is 2.75. The van der Waals surface area contributed by atoms with E-state index >= 15 is 0 Å². The lowest BCUT2D eigenvalue weighted by molar-refractivity contribution is -0.118. The van der Waals surface area contributed by atoms with Crippen molar-refractivity contribution < 1.29 is 18.7 Å². The number of rotatable bonds is 12. The standard InChI is InChI=1S/C18H25ClFNO3/c1-2-3-4-9-16(17(22)13-19)21-18(23)14-7-5-8-15(12-14)24-11-6-10-20/h5,7-8,12,16H,2-4,6,9-11,13H2,1H3,(H,21,23)/t16-/m0/s1. The van der Waals surface area contributed by atoms with Crippen LogP contribution in [0.25, 0.3) is 0 Å². The Bertz CT molecular complexity index is 525. The minimum absolute atomic E-state index is 0.122. The lowest BCUT2D eigenvalue weighted by Gasteiger charge is -2.17. The van der Waals surface area contributed by atoms with Crippen LogP contribution in [0.3, 0.4) is 0 Å². The summed E-state index contributed by atoms with van der Waals surface area (Å²) in [6, 6.07) is 6.05. The predicted octanol–water partition coefficient (Wildman–Crippen LogP) is 3.91. The lowest BCUT2D eigenvalue weighted by atomic mass is 10.0. The molecule has 0 aromatic heterocycles. The summed E-state index contributed by atoms with van der Waals surface area (Å²) < 4.78 is 17.5. The highest BCUT2D eigenvalue weighted by molar-refractivity contribution is 6.28. The summed E-state index contributed by atoms with van der Waals surface area (Å²) >= 11 is 5.63. The van der Waals surface area contributed by atoms with Gasteiger partial charge in [-0.2, -0.15) is 0 Å². The van der Waals surface area contributed by atoms with Crippen LogP contribution >= 0.6 is 11.6 Å². The molecule has 0 saturated carbocycles. The molecule has 0 fully saturated rings. The Hall–Kier alpha value is -1.62. The molecule has 0 radical (unpaired) electrons. The number of hydrogen-bond donors (Lipinski definition) is 1. The fraction of sp³-hybridized carbons (Fsp3) is 0.556. The smallest absolute Gasteiger partial charge is 0.251 e. The maximum atomic E-state index is 12.4. The third-order valence-corrected chi connectivity index (χ3v) is 3.83. The van der Waals surface area contributed by atoms with Gasteiger partial charge in [-0.05, 0) is 24.6 Å². The number of amides is 1. The van der Waals surface area contributed by atoms with E-state index in [1.54, 1.807) is 24.3 Å². The van der Waals surface area contributed by atoms with Gasteiger partial charge in [-0.3, -0.25) is 14.0 Å². The number of nitrogens with one attached hydrogen (secondary N) is 1. The number of ether oxygens (including phenoxy) is 1. The normalized spacial score (nSPS) is 11.8. The first-order valence-corrected chi connectivity index (χ1v) is 8.84. The molecule has 0 bridgehead atoms. The second-order valence-electron chi connectivity index (χ2n) is 5.54. The van der Waals surface area contributed by atoms with E-state index in [-0.39, 0.29) is 24.2 Å². The number of halogens is 2. The molecule has 134 valence electrons. The molecule has 24 heavy (non-hydrogen) atoms. The molecule has 0 spiro atoms. The number of Topliss-reactive ketones (excluding diaryl/α,β-unsaturated/α-hetero) is 1. The van der Waals surface area contributed by atoms with Gasteiger partial charge >= 0.3 is 0 Å². The first-order chi connectivity index (χ1) is 11.6. The number of unbranched alkanes of at least 4 members (excludes halogenated alkanes) is 2. The van der Waals surface area contributed by atoms with Crippen LogP contribution in [0, 0.1) is 0 Å². The number of carbonyl (C=O) groups excluding carboxylic acids is 2. The molecule has 6 heteroatoms. The number of hydrogen-bond acceptors (Lipinski definition) is 3. The lowest BCUT2D eigenvalue weighted by Crippen LogP contribution is -2.41. The SMILES string of the molecule is CCCCC[C@H](NC(=O)c1cccc(OCCCF)c1)C(=O)CCl. The van der Waals surface area contributed by atoms with E-state index in [2.05, 4.69) is 12.2 Å². The van der Waals surface area contributed by atoms with E-state index in [0.29, 0.717) is 24.2 Å². The van der Waals surface area contributed by atoms with E-state index in [1.807, 2.05) is 0 Å². The Morgan fingerprint density at radius 2 is 2.08 bits per heavy atom. The van der Waals surface area contributed by atoms with Crippen molar-refractivity contribution >= 4 is 23.3 Å². The van der Waals surface area contributed by atoms with Gasteiger partial charge in [0.2, 0.25) is 0 Å². The maximum Gasteiger partial charge on any atom is 0.251 e. The van der Waals surface area contributed by atoms with Crippen LogP contribution in [0.15, 0.2) is 24.3 Å². The summed E-state index contributed by atoms with van der Waals surface area (Å²) in [6.07, 6.45) is 3.78. The fourth-order valence-electron chi connectivity index (χ4n) is 2.22. The van der Waals surface area contributed by atoms with Gasteiger partial charge in [0.05, 0.1) is 25.2 Å². The number of alkyl halides is 2. The van der Waals surface area contributed by atoms with Crippen LogP contribution in [0.2, 0.25) is 0 Å². The van der Waals surface area contributed by atoms with Crippen molar-refractivity contribution in [3.8, 4) is 5.75 Å². The molecule has 1 N–H and O–H groups in total. The molecule has 0 unspecified atom stereocenters. The molecule has 1 aromatic rings. The van der Waals surface area contributed by atoms with Crippen LogP contribution in [0.5, 0.6) is 5.75 Å². The highest BCUT2D eigenvalue weighted by atomic mass is 35.5. The minimum atomic E-state index is -0.572. The quantitative estimate of drug-likeness (QED) is 0.456. The van der Waals surface area contributed by atoms with E-state index in [1.165, 1.54) is 0 Å². The van der Waals surface area contributed by atoms with Gasteiger partial charge in [0.15, 0.2) is 5.78 Å². The molecular formula is C18H25ClFNO3. The third kappa shape index (κ3) is 7.30. The zero-order chi connectivity index (χ0) is 17.8. The fourth-order valence-corrected chi connectivity index (χ4v) is 2.40. The van der Waals surface area contributed by atoms with Crippen molar-refractivity contribution in [3.63, 3.8) is 0 Å². The van der Waals surface area contributed by atoms with Crippen molar-refractivity contribution in [1.29, 1.82) is 0 Å². The first-order valence-electron chi connectivity index (χ1n) is 8.30. The van der Waals surface area contributed by atoms with E-state index in [9.17, 15) is 14.0 Å². The minimum Gasteiger partial charge on any atom is -0.493 e. The molecule has 0 saturated heterocycles. The molecule has 0 aliphatic rings. The molecule has 1 rings (SSSR count). The molecular weight excluding hydrogens is 333 g/mol. The monoisotopic (exact) mass is 357 g/mol. The van der Waals surface area contributed by atoms with Crippen LogP contribution in [0.1, 0.15) is 49.4 Å². The van der Waals surface area contributed by atoms with Crippen molar-refractivity contribution in [2.45, 2.75) is 45.1 Å². The predicted molar refractivity (Wildman–Crippen MR) is 93.7 cm³/mol. The Labute approximate surface area is 147 Å². The van der Waals surface area contributed by atoms with Crippen LogP contribution in [-0.2, 0) is 4.79 Å². The molecule has 0 aliphatic heterocycles. The number of carbonyl (C=O) groups is 2. The molecule has 0 aliphatic carbocycles. The summed E-state index contributed by atoms with van der Waals surface area (Å²) in [6.45, 7) is 1.89. The Morgan fingerprint density at radius 1 is 1.29 bits per heavy atom. The average Bonchev–Trinajstić information content (AvgIpc) is 2.60. The highest BCUT2D eigenvalue weighted by Gasteiger charge is 2.20. The van der Waals surface area contributed by atoms with E-state index in [0.717, 1.165) is 19.3 Å². The topological polar surface area (TPSA) is 55.4 Å². The second-order valence-corrected chi connectivity index (χ2v) is 5.81. The Kier molecular flexibility index (Phi) is 10.1. The molecule has 1 atom stereocenters.